The summed E-state index contributed by atoms with van der Waals surface area (Å²) in [6.07, 6.45) is 0. The minimum atomic E-state index is -0.262. The number of nitrogens with zero attached hydrogens (tertiary/aromatic N) is 1. The molecule has 2 aromatic rings. The summed E-state index contributed by atoms with van der Waals surface area (Å²) in [5, 5.41) is 11.5. The van der Waals surface area contributed by atoms with Gasteiger partial charge in [-0.25, -0.2) is 4.39 Å². The van der Waals surface area contributed by atoms with Crippen molar-refractivity contribution in [2.45, 2.75) is 13.5 Å². The van der Waals surface area contributed by atoms with E-state index in [4.69, 9.17) is 10.00 Å². The van der Waals surface area contributed by atoms with Gasteiger partial charge in [0.05, 0.1) is 5.69 Å². The Hall–Kier alpha value is -2.54. The average molecular weight is 270 g/mol. The van der Waals surface area contributed by atoms with Crippen molar-refractivity contribution in [2.75, 3.05) is 11.9 Å². The Labute approximate surface area is 117 Å². The molecule has 0 fully saturated rings. The van der Waals surface area contributed by atoms with Gasteiger partial charge in [0, 0.05) is 6.54 Å². The molecule has 4 heteroatoms. The van der Waals surface area contributed by atoms with Gasteiger partial charge in [0.1, 0.15) is 17.6 Å². The molecule has 2 aromatic carbocycles. The van der Waals surface area contributed by atoms with Crippen LogP contribution in [0.25, 0.3) is 0 Å². The molecule has 0 aliphatic rings. The van der Waals surface area contributed by atoms with E-state index < -0.39 is 0 Å². The Kier molecular flexibility index (Phi) is 4.56. The minimum absolute atomic E-state index is 0.0173. The molecule has 0 unspecified atom stereocenters. The molecule has 3 nitrogen and oxygen atoms in total. The summed E-state index contributed by atoms with van der Waals surface area (Å²) in [5.74, 6) is 0.372. The predicted octanol–water partition coefficient (Wildman–Crippen LogP) is 3.65. The average Bonchev–Trinajstić information content (AvgIpc) is 2.45. The van der Waals surface area contributed by atoms with E-state index in [1.807, 2.05) is 37.3 Å². The van der Waals surface area contributed by atoms with E-state index in [-0.39, 0.29) is 12.4 Å². The lowest BCUT2D eigenvalue weighted by Crippen LogP contribution is -2.02. The monoisotopic (exact) mass is 270 g/mol. The fourth-order valence-corrected chi connectivity index (χ4v) is 1.82. The van der Waals surface area contributed by atoms with Gasteiger partial charge in [-0.05, 0) is 42.3 Å². The molecular formula is C16H15FN2O. The highest BCUT2D eigenvalue weighted by Crippen LogP contribution is 2.18. The Morgan fingerprint density at radius 1 is 1.25 bits per heavy atom. The summed E-state index contributed by atoms with van der Waals surface area (Å²) < 4.78 is 18.9. The molecule has 20 heavy (non-hydrogen) atoms. The maximum atomic E-state index is 13.7. The van der Waals surface area contributed by atoms with E-state index in [0.717, 1.165) is 11.1 Å². The lowest BCUT2D eigenvalue weighted by molar-refractivity contribution is 0.368. The van der Waals surface area contributed by atoms with Crippen LogP contribution in [0.1, 0.15) is 11.1 Å². The zero-order valence-corrected chi connectivity index (χ0v) is 11.2. The highest BCUT2D eigenvalue weighted by Gasteiger charge is 2.02. The largest absolute Gasteiger partial charge is 0.479 e. The summed E-state index contributed by atoms with van der Waals surface area (Å²) in [7, 11) is 0. The number of hydrogen-bond donors (Lipinski definition) is 1. The highest BCUT2D eigenvalue weighted by molar-refractivity contribution is 5.47. The number of ether oxygens (including phenoxy) is 1. The van der Waals surface area contributed by atoms with E-state index in [9.17, 15) is 4.39 Å². The molecule has 0 bridgehead atoms. The van der Waals surface area contributed by atoms with E-state index in [0.29, 0.717) is 18.0 Å². The topological polar surface area (TPSA) is 45.0 Å². The number of rotatable bonds is 5. The Morgan fingerprint density at radius 3 is 2.85 bits per heavy atom. The quantitative estimate of drug-likeness (QED) is 0.902. The molecule has 0 aliphatic heterocycles. The molecule has 0 aliphatic carbocycles. The molecule has 0 spiro atoms. The van der Waals surface area contributed by atoms with Crippen molar-refractivity contribution >= 4 is 5.69 Å². The summed E-state index contributed by atoms with van der Waals surface area (Å²) >= 11 is 0. The van der Waals surface area contributed by atoms with Crippen molar-refractivity contribution in [3.8, 4) is 11.8 Å². The summed E-state index contributed by atoms with van der Waals surface area (Å²) in [6, 6.07) is 14.4. The molecule has 0 saturated heterocycles. The molecular weight excluding hydrogens is 255 g/mol. The summed E-state index contributed by atoms with van der Waals surface area (Å²) in [6.45, 7) is 2.36. The van der Waals surface area contributed by atoms with Gasteiger partial charge in [0.15, 0.2) is 6.61 Å². The molecule has 0 aromatic heterocycles. The maximum absolute atomic E-state index is 13.7. The van der Waals surface area contributed by atoms with Gasteiger partial charge < -0.3 is 10.1 Å². The van der Waals surface area contributed by atoms with Gasteiger partial charge in [0.25, 0.3) is 0 Å². The third-order valence-corrected chi connectivity index (χ3v) is 2.81. The number of aryl methyl sites for hydroxylation is 1. The van der Waals surface area contributed by atoms with Gasteiger partial charge in [-0.2, -0.15) is 5.26 Å². The van der Waals surface area contributed by atoms with Crippen molar-refractivity contribution in [1.82, 2.24) is 0 Å². The SMILES string of the molecule is Cc1ccc(NCc2cccc(OCC#N)c2)c(F)c1. The molecule has 0 saturated carbocycles. The molecule has 0 heterocycles. The van der Waals surface area contributed by atoms with Crippen molar-refractivity contribution in [1.29, 1.82) is 5.26 Å². The third-order valence-electron chi connectivity index (χ3n) is 2.81. The van der Waals surface area contributed by atoms with Gasteiger partial charge in [0.2, 0.25) is 0 Å². The van der Waals surface area contributed by atoms with E-state index in [1.54, 1.807) is 12.1 Å². The lowest BCUT2D eigenvalue weighted by Gasteiger charge is -2.09. The van der Waals surface area contributed by atoms with Crippen LogP contribution >= 0.6 is 0 Å². The molecule has 0 atom stereocenters. The third kappa shape index (κ3) is 3.72. The van der Waals surface area contributed by atoms with Crippen molar-refractivity contribution < 1.29 is 9.13 Å². The number of benzene rings is 2. The molecule has 0 radical (unpaired) electrons. The lowest BCUT2D eigenvalue weighted by atomic mass is 10.2. The van der Waals surface area contributed by atoms with Crippen LogP contribution in [0, 0.1) is 24.1 Å². The van der Waals surface area contributed by atoms with Crippen LogP contribution in [0.4, 0.5) is 10.1 Å². The molecule has 2 rings (SSSR count). The van der Waals surface area contributed by atoms with Crippen LogP contribution in [-0.2, 0) is 6.54 Å². The standard InChI is InChI=1S/C16H15FN2O/c1-12-5-6-16(15(17)9-12)19-11-13-3-2-4-14(10-13)20-8-7-18/h2-6,9-10,19H,8,11H2,1H3. The second-order valence-corrected chi connectivity index (χ2v) is 4.43. The summed E-state index contributed by atoms with van der Waals surface area (Å²) in [4.78, 5) is 0. The first-order chi connectivity index (χ1) is 9.69. The highest BCUT2D eigenvalue weighted by atomic mass is 19.1. The van der Waals surface area contributed by atoms with E-state index in [1.165, 1.54) is 6.07 Å². The second kappa shape index (κ2) is 6.58. The number of nitrogens with one attached hydrogen (secondary N) is 1. The number of anilines is 1. The van der Waals surface area contributed by atoms with Crippen LogP contribution < -0.4 is 10.1 Å². The Balaban J connectivity index is 2.01. The summed E-state index contributed by atoms with van der Waals surface area (Å²) in [5.41, 5.74) is 2.32. The molecule has 1 N–H and O–H groups in total. The fourth-order valence-electron chi connectivity index (χ4n) is 1.82. The number of halogens is 1. The number of nitriles is 1. The van der Waals surface area contributed by atoms with Crippen molar-refractivity contribution in [2.24, 2.45) is 0 Å². The van der Waals surface area contributed by atoms with Crippen LogP contribution in [0.5, 0.6) is 5.75 Å². The van der Waals surface area contributed by atoms with E-state index >= 15 is 0 Å². The Morgan fingerprint density at radius 2 is 2.10 bits per heavy atom. The van der Waals surface area contributed by atoms with Crippen LogP contribution in [-0.4, -0.2) is 6.61 Å². The van der Waals surface area contributed by atoms with Crippen molar-refractivity contribution in [3.05, 3.63) is 59.4 Å². The molecule has 0 amide bonds. The fraction of sp³-hybridized carbons (Fsp3) is 0.188. The van der Waals surface area contributed by atoms with Crippen molar-refractivity contribution in [3.63, 3.8) is 0 Å². The number of hydrogen-bond acceptors (Lipinski definition) is 3. The van der Waals surface area contributed by atoms with Gasteiger partial charge >= 0.3 is 0 Å². The first-order valence-corrected chi connectivity index (χ1v) is 6.28. The minimum Gasteiger partial charge on any atom is -0.479 e. The van der Waals surface area contributed by atoms with E-state index in [2.05, 4.69) is 5.32 Å². The smallest absolute Gasteiger partial charge is 0.174 e. The maximum Gasteiger partial charge on any atom is 0.174 e. The van der Waals surface area contributed by atoms with Crippen LogP contribution in [0.15, 0.2) is 42.5 Å². The second-order valence-electron chi connectivity index (χ2n) is 4.43. The molecule has 102 valence electrons. The zero-order chi connectivity index (χ0) is 14.4. The Bertz CT molecular complexity index is 635. The van der Waals surface area contributed by atoms with Crippen LogP contribution in [0.3, 0.4) is 0 Å². The zero-order valence-electron chi connectivity index (χ0n) is 11.2. The van der Waals surface area contributed by atoms with Gasteiger partial charge in [-0.3, -0.25) is 0 Å². The van der Waals surface area contributed by atoms with Gasteiger partial charge in [-0.15, -0.1) is 0 Å². The van der Waals surface area contributed by atoms with Crippen LogP contribution in [0.2, 0.25) is 0 Å². The first kappa shape index (κ1) is 13.9. The first-order valence-electron chi connectivity index (χ1n) is 6.28. The van der Waals surface area contributed by atoms with Gasteiger partial charge in [-0.1, -0.05) is 18.2 Å². The normalized spacial score (nSPS) is 9.85. The predicted molar refractivity (Wildman–Crippen MR) is 76.0 cm³/mol.